The molecule has 18 heavy (non-hydrogen) atoms. The number of halogens is 1. The molecule has 0 heterocycles. The summed E-state index contributed by atoms with van der Waals surface area (Å²) in [6.07, 6.45) is 1.40. The van der Waals surface area contributed by atoms with Crippen molar-refractivity contribution in [1.82, 2.24) is 0 Å². The molecule has 4 unspecified atom stereocenters. The zero-order valence-electron chi connectivity index (χ0n) is 12.3. The third-order valence-corrected chi connectivity index (χ3v) is 3.80. The Morgan fingerprint density at radius 2 is 2.06 bits per heavy atom. The summed E-state index contributed by atoms with van der Waals surface area (Å²) in [7, 11) is 1.67. The van der Waals surface area contributed by atoms with Crippen molar-refractivity contribution in [1.29, 1.82) is 0 Å². The van der Waals surface area contributed by atoms with Crippen LogP contribution in [0.5, 0.6) is 0 Å². The highest BCUT2D eigenvalue weighted by molar-refractivity contribution is 6.21. The molecular formula is C14H28ClNO2. The number of ether oxygens (including phenoxy) is 1. The molecule has 1 rings (SSSR count). The van der Waals surface area contributed by atoms with Crippen molar-refractivity contribution >= 4 is 17.3 Å². The van der Waals surface area contributed by atoms with Crippen molar-refractivity contribution in [3.63, 3.8) is 0 Å². The van der Waals surface area contributed by atoms with Gasteiger partial charge in [-0.3, -0.25) is 4.99 Å². The highest BCUT2D eigenvalue weighted by atomic mass is 35.5. The van der Waals surface area contributed by atoms with Crippen LogP contribution in [0.4, 0.5) is 0 Å². The van der Waals surface area contributed by atoms with Gasteiger partial charge >= 0.3 is 0 Å². The molecule has 0 bridgehead atoms. The molecule has 0 aromatic carbocycles. The number of methoxy groups -OCH3 is 1. The van der Waals surface area contributed by atoms with Gasteiger partial charge in [-0.05, 0) is 18.8 Å². The quantitative estimate of drug-likeness (QED) is 0.634. The van der Waals surface area contributed by atoms with Crippen LogP contribution in [0.2, 0.25) is 0 Å². The van der Waals surface area contributed by atoms with Gasteiger partial charge in [0.1, 0.15) is 0 Å². The largest absolute Gasteiger partial charge is 0.391 e. The van der Waals surface area contributed by atoms with Gasteiger partial charge in [-0.15, -0.1) is 11.6 Å². The molecule has 108 valence electrons. The zero-order valence-corrected chi connectivity index (χ0v) is 13.1. The number of nitrogens with zero attached hydrogens (tertiary/aromatic N) is 1. The third kappa shape index (κ3) is 4.87. The molecule has 1 saturated carbocycles. The lowest BCUT2D eigenvalue weighted by molar-refractivity contribution is 0.118. The summed E-state index contributed by atoms with van der Waals surface area (Å²) in [5, 5.41) is 9.80. The van der Waals surface area contributed by atoms with E-state index in [0.29, 0.717) is 19.1 Å². The van der Waals surface area contributed by atoms with Gasteiger partial charge in [0.25, 0.3) is 0 Å². The van der Waals surface area contributed by atoms with Gasteiger partial charge in [0.2, 0.25) is 0 Å². The van der Waals surface area contributed by atoms with E-state index in [9.17, 15) is 5.11 Å². The van der Waals surface area contributed by atoms with Crippen LogP contribution in [-0.2, 0) is 4.74 Å². The number of aliphatic hydroxyl groups excluding tert-OH is 1. The number of rotatable bonds is 4. The maximum atomic E-state index is 9.94. The average Bonchev–Trinajstić information content (AvgIpc) is 2.40. The van der Waals surface area contributed by atoms with E-state index in [1.54, 1.807) is 7.11 Å². The highest BCUT2D eigenvalue weighted by Gasteiger charge is 2.37. The summed E-state index contributed by atoms with van der Waals surface area (Å²) < 4.78 is 4.99. The van der Waals surface area contributed by atoms with E-state index in [0.717, 1.165) is 18.6 Å². The van der Waals surface area contributed by atoms with E-state index >= 15 is 0 Å². The van der Waals surface area contributed by atoms with Crippen molar-refractivity contribution in [2.75, 3.05) is 20.3 Å². The van der Waals surface area contributed by atoms with Crippen molar-refractivity contribution < 1.29 is 9.84 Å². The first-order chi connectivity index (χ1) is 8.61. The first-order valence-corrected chi connectivity index (χ1v) is 7.40. The molecule has 0 saturated heterocycles. The summed E-state index contributed by atoms with van der Waals surface area (Å²) in [5.74, 6) is 0.482. The van der Waals surface area contributed by atoms with Crippen molar-refractivity contribution in [3.05, 3.63) is 0 Å². The second-order valence-corrected chi connectivity index (χ2v) is 5.00. The van der Waals surface area contributed by atoms with Crippen LogP contribution in [0.1, 0.15) is 40.5 Å². The minimum atomic E-state index is -0.467. The maximum Gasteiger partial charge on any atom is 0.0781 e. The second-order valence-electron chi connectivity index (χ2n) is 4.44. The summed E-state index contributed by atoms with van der Waals surface area (Å²) in [6.45, 7) is 9.46. The lowest BCUT2D eigenvalue weighted by Crippen LogP contribution is -2.43. The van der Waals surface area contributed by atoms with E-state index in [1.807, 2.05) is 20.8 Å². The van der Waals surface area contributed by atoms with E-state index in [1.165, 1.54) is 0 Å². The molecule has 1 aliphatic carbocycles. The van der Waals surface area contributed by atoms with Crippen molar-refractivity contribution in [2.24, 2.45) is 16.8 Å². The van der Waals surface area contributed by atoms with Crippen LogP contribution >= 0.6 is 11.6 Å². The van der Waals surface area contributed by atoms with Crippen molar-refractivity contribution in [2.45, 2.75) is 52.0 Å². The molecule has 1 aliphatic rings. The molecule has 3 nitrogen and oxygen atoms in total. The minimum Gasteiger partial charge on any atom is -0.391 e. The smallest absolute Gasteiger partial charge is 0.0781 e. The van der Waals surface area contributed by atoms with Crippen LogP contribution in [0, 0.1) is 11.8 Å². The first-order valence-electron chi connectivity index (χ1n) is 6.97. The predicted molar refractivity (Wildman–Crippen MR) is 78.7 cm³/mol. The lowest BCUT2D eigenvalue weighted by Gasteiger charge is -2.36. The zero-order chi connectivity index (χ0) is 14.1. The standard InChI is InChI=1S/C12H22ClNO2.C2H6/c1-4-9-7-10(13)12(15)8(2)11(9)14-5-6-16-3;1-2/h8-10,12,15H,4-7H2,1-3H3;1-2H3. The summed E-state index contributed by atoms with van der Waals surface area (Å²) in [5.41, 5.74) is 1.11. The lowest BCUT2D eigenvalue weighted by atomic mass is 9.77. The number of hydrogen-bond donors (Lipinski definition) is 1. The van der Waals surface area contributed by atoms with E-state index in [-0.39, 0.29) is 11.3 Å². The van der Waals surface area contributed by atoms with Gasteiger partial charge in [0.05, 0.1) is 24.6 Å². The fourth-order valence-electron chi connectivity index (χ4n) is 2.31. The monoisotopic (exact) mass is 277 g/mol. The van der Waals surface area contributed by atoms with E-state index in [2.05, 4.69) is 11.9 Å². The SMILES string of the molecule is CC.CCC1CC(Cl)C(O)C(C)C1=NCCOC. The summed E-state index contributed by atoms with van der Waals surface area (Å²) >= 11 is 6.13. The van der Waals surface area contributed by atoms with Crippen LogP contribution in [0.3, 0.4) is 0 Å². The Morgan fingerprint density at radius 1 is 1.44 bits per heavy atom. The molecule has 0 aliphatic heterocycles. The molecule has 1 fully saturated rings. The number of alkyl halides is 1. The van der Waals surface area contributed by atoms with Crippen molar-refractivity contribution in [3.8, 4) is 0 Å². The van der Waals surface area contributed by atoms with Gasteiger partial charge < -0.3 is 9.84 Å². The molecule has 4 atom stereocenters. The van der Waals surface area contributed by atoms with Gasteiger partial charge in [0, 0.05) is 18.7 Å². The van der Waals surface area contributed by atoms with E-state index < -0.39 is 6.10 Å². The Hall–Kier alpha value is -0.120. The number of hydrogen-bond acceptors (Lipinski definition) is 3. The normalized spacial score (nSPS) is 34.1. The topological polar surface area (TPSA) is 41.8 Å². The Balaban J connectivity index is 0.00000137. The van der Waals surface area contributed by atoms with Gasteiger partial charge in [0.15, 0.2) is 0 Å². The van der Waals surface area contributed by atoms with Crippen LogP contribution < -0.4 is 0 Å². The Morgan fingerprint density at radius 3 is 2.56 bits per heavy atom. The van der Waals surface area contributed by atoms with Crippen LogP contribution in [0.15, 0.2) is 4.99 Å². The molecular weight excluding hydrogens is 250 g/mol. The molecule has 0 aromatic heterocycles. The predicted octanol–water partition coefficient (Wildman–Crippen LogP) is 3.13. The van der Waals surface area contributed by atoms with Crippen LogP contribution in [0.25, 0.3) is 0 Å². The van der Waals surface area contributed by atoms with Crippen LogP contribution in [-0.4, -0.2) is 42.6 Å². The summed E-state index contributed by atoms with van der Waals surface area (Å²) in [6, 6.07) is 0. The molecule has 0 amide bonds. The fraction of sp³-hybridized carbons (Fsp3) is 0.929. The van der Waals surface area contributed by atoms with Gasteiger partial charge in [-0.2, -0.15) is 0 Å². The molecule has 4 heteroatoms. The second kappa shape index (κ2) is 9.76. The molecule has 0 spiro atoms. The fourth-order valence-corrected chi connectivity index (χ4v) is 2.74. The highest BCUT2D eigenvalue weighted by Crippen LogP contribution is 2.32. The average molecular weight is 278 g/mol. The minimum absolute atomic E-state index is 0.0676. The van der Waals surface area contributed by atoms with Gasteiger partial charge in [-0.25, -0.2) is 0 Å². The Bertz CT molecular complexity index is 242. The molecule has 0 radical (unpaired) electrons. The van der Waals surface area contributed by atoms with Gasteiger partial charge in [-0.1, -0.05) is 27.7 Å². The Labute approximate surface area is 117 Å². The molecule has 0 aromatic rings. The number of aliphatic hydroxyl groups is 1. The molecule has 1 N–H and O–H groups in total. The van der Waals surface area contributed by atoms with E-state index in [4.69, 9.17) is 16.3 Å². The number of aliphatic imine (C=N–C) groups is 1. The summed E-state index contributed by atoms with van der Waals surface area (Å²) in [4.78, 5) is 4.56. The maximum absolute atomic E-state index is 9.94. The first kappa shape index (κ1) is 17.9. The Kier molecular flexibility index (Phi) is 9.70. The third-order valence-electron chi connectivity index (χ3n) is 3.36.